The fourth-order valence-corrected chi connectivity index (χ4v) is 2.52. The van der Waals surface area contributed by atoms with Gasteiger partial charge in [-0.2, -0.15) is 0 Å². The van der Waals surface area contributed by atoms with E-state index in [9.17, 15) is 0 Å². The number of rotatable bonds is 7. The molecule has 0 radical (unpaired) electrons. The highest BCUT2D eigenvalue weighted by molar-refractivity contribution is 5.21. The summed E-state index contributed by atoms with van der Waals surface area (Å²) in [5.41, 5.74) is 1.47. The highest BCUT2D eigenvalue weighted by atomic mass is 14.9. The van der Waals surface area contributed by atoms with Crippen molar-refractivity contribution in [2.45, 2.75) is 45.6 Å². The second-order valence-electron chi connectivity index (χ2n) is 5.32. The number of hydrogen-bond donors (Lipinski definition) is 1. The van der Waals surface area contributed by atoms with Gasteiger partial charge < -0.3 is 5.32 Å². The van der Waals surface area contributed by atoms with Crippen LogP contribution in [0.2, 0.25) is 0 Å². The quantitative estimate of drug-likeness (QED) is 0.743. The molecule has 1 saturated carbocycles. The summed E-state index contributed by atoms with van der Waals surface area (Å²) < 4.78 is 0. The van der Waals surface area contributed by atoms with Crippen molar-refractivity contribution in [1.29, 1.82) is 0 Å². The van der Waals surface area contributed by atoms with Gasteiger partial charge in [0.25, 0.3) is 0 Å². The molecule has 1 aliphatic rings. The van der Waals surface area contributed by atoms with Gasteiger partial charge in [-0.15, -0.1) is 0 Å². The summed E-state index contributed by atoms with van der Waals surface area (Å²) >= 11 is 0. The van der Waals surface area contributed by atoms with Crippen molar-refractivity contribution in [3.05, 3.63) is 35.9 Å². The van der Waals surface area contributed by atoms with Crippen LogP contribution in [0.3, 0.4) is 0 Å². The Labute approximate surface area is 106 Å². The predicted molar refractivity (Wildman–Crippen MR) is 74.0 cm³/mol. The largest absolute Gasteiger partial charge is 0.309 e. The smallest absolute Gasteiger partial charge is 0.0348 e. The molecule has 17 heavy (non-hydrogen) atoms. The number of benzene rings is 1. The molecule has 0 spiro atoms. The van der Waals surface area contributed by atoms with Crippen molar-refractivity contribution in [1.82, 2.24) is 5.32 Å². The van der Waals surface area contributed by atoms with Crippen LogP contribution >= 0.6 is 0 Å². The molecular weight excluding hydrogens is 206 g/mol. The van der Waals surface area contributed by atoms with Crippen molar-refractivity contribution in [3.8, 4) is 0 Å². The zero-order valence-corrected chi connectivity index (χ0v) is 11.2. The Morgan fingerprint density at radius 3 is 2.29 bits per heavy atom. The van der Waals surface area contributed by atoms with Crippen LogP contribution in [-0.2, 0) is 0 Å². The topological polar surface area (TPSA) is 12.0 Å². The monoisotopic (exact) mass is 231 g/mol. The Morgan fingerprint density at radius 2 is 1.76 bits per heavy atom. The summed E-state index contributed by atoms with van der Waals surface area (Å²) in [5, 5.41) is 3.80. The molecule has 0 aliphatic heterocycles. The third-order valence-electron chi connectivity index (χ3n) is 4.03. The molecule has 94 valence electrons. The molecule has 0 amide bonds. The van der Waals surface area contributed by atoms with Gasteiger partial charge in [-0.3, -0.25) is 0 Å². The first-order chi connectivity index (χ1) is 8.35. The van der Waals surface area contributed by atoms with E-state index < -0.39 is 0 Å². The standard InChI is InChI=1S/C16H25N/c1-3-13(4-2)12-17-16(15-10-11-15)14-8-6-5-7-9-14/h5-9,13,15-17H,3-4,10-12H2,1-2H3. The first-order valence-electron chi connectivity index (χ1n) is 7.13. The van der Waals surface area contributed by atoms with Crippen LogP contribution in [-0.4, -0.2) is 6.54 Å². The van der Waals surface area contributed by atoms with E-state index in [0.717, 1.165) is 11.8 Å². The lowest BCUT2D eigenvalue weighted by atomic mass is 9.99. The average molecular weight is 231 g/mol. The van der Waals surface area contributed by atoms with Gasteiger partial charge in [-0.25, -0.2) is 0 Å². The molecule has 1 heteroatoms. The molecule has 1 unspecified atom stereocenters. The Kier molecular flexibility index (Phi) is 4.61. The number of nitrogens with one attached hydrogen (secondary N) is 1. The van der Waals surface area contributed by atoms with E-state index in [2.05, 4.69) is 49.5 Å². The zero-order valence-electron chi connectivity index (χ0n) is 11.2. The fraction of sp³-hybridized carbons (Fsp3) is 0.625. The SMILES string of the molecule is CCC(CC)CNC(c1ccccc1)C1CC1. The van der Waals surface area contributed by atoms with Crippen LogP contribution in [0, 0.1) is 11.8 Å². The minimum atomic E-state index is 0.594. The first-order valence-corrected chi connectivity index (χ1v) is 7.13. The Bertz CT molecular complexity index is 312. The first kappa shape index (κ1) is 12.6. The predicted octanol–water partition coefficient (Wildman–Crippen LogP) is 4.16. The van der Waals surface area contributed by atoms with Crippen LogP contribution in [0.25, 0.3) is 0 Å². The van der Waals surface area contributed by atoms with Gasteiger partial charge >= 0.3 is 0 Å². The molecule has 1 N–H and O–H groups in total. The van der Waals surface area contributed by atoms with Gasteiger partial charge in [0.2, 0.25) is 0 Å². The van der Waals surface area contributed by atoms with Gasteiger partial charge in [0.05, 0.1) is 0 Å². The van der Waals surface area contributed by atoms with Crippen molar-refractivity contribution in [2.24, 2.45) is 11.8 Å². The van der Waals surface area contributed by atoms with Gasteiger partial charge in [0.15, 0.2) is 0 Å². The zero-order chi connectivity index (χ0) is 12.1. The van der Waals surface area contributed by atoms with E-state index in [0.29, 0.717) is 6.04 Å². The van der Waals surface area contributed by atoms with Crippen LogP contribution in [0.15, 0.2) is 30.3 Å². The van der Waals surface area contributed by atoms with E-state index in [1.54, 1.807) is 0 Å². The summed E-state index contributed by atoms with van der Waals surface area (Å²) in [7, 11) is 0. The summed E-state index contributed by atoms with van der Waals surface area (Å²) in [5.74, 6) is 1.71. The van der Waals surface area contributed by atoms with Crippen molar-refractivity contribution >= 4 is 0 Å². The lowest BCUT2D eigenvalue weighted by Gasteiger charge is -2.22. The minimum absolute atomic E-state index is 0.594. The molecule has 1 nitrogen and oxygen atoms in total. The van der Waals surface area contributed by atoms with Crippen LogP contribution in [0.5, 0.6) is 0 Å². The summed E-state index contributed by atoms with van der Waals surface area (Å²) in [6.45, 7) is 5.76. The van der Waals surface area contributed by atoms with Crippen molar-refractivity contribution < 1.29 is 0 Å². The summed E-state index contributed by atoms with van der Waals surface area (Å²) in [4.78, 5) is 0. The van der Waals surface area contributed by atoms with Crippen LogP contribution in [0.4, 0.5) is 0 Å². The summed E-state index contributed by atoms with van der Waals surface area (Å²) in [6, 6.07) is 11.5. The lowest BCUT2D eigenvalue weighted by molar-refractivity contribution is 0.391. The van der Waals surface area contributed by atoms with E-state index >= 15 is 0 Å². The highest BCUT2D eigenvalue weighted by Gasteiger charge is 2.31. The molecule has 2 rings (SSSR count). The van der Waals surface area contributed by atoms with E-state index in [1.807, 2.05) is 0 Å². The molecule has 0 heterocycles. The van der Waals surface area contributed by atoms with E-state index in [-0.39, 0.29) is 0 Å². The average Bonchev–Trinajstić information content (AvgIpc) is 3.20. The highest BCUT2D eigenvalue weighted by Crippen LogP contribution is 2.41. The third kappa shape index (κ3) is 3.57. The molecule has 1 aromatic rings. The molecule has 0 saturated heterocycles. The maximum atomic E-state index is 3.80. The molecule has 1 aliphatic carbocycles. The van der Waals surface area contributed by atoms with Crippen LogP contribution < -0.4 is 5.32 Å². The molecule has 1 aromatic carbocycles. The molecular formula is C16H25N. The Hall–Kier alpha value is -0.820. The van der Waals surface area contributed by atoms with Gasteiger partial charge in [0, 0.05) is 6.04 Å². The minimum Gasteiger partial charge on any atom is -0.309 e. The van der Waals surface area contributed by atoms with Crippen LogP contribution in [0.1, 0.15) is 51.1 Å². The van der Waals surface area contributed by atoms with Crippen molar-refractivity contribution in [2.75, 3.05) is 6.54 Å². The van der Waals surface area contributed by atoms with Gasteiger partial charge in [-0.05, 0) is 36.8 Å². The molecule has 0 bridgehead atoms. The lowest BCUT2D eigenvalue weighted by Crippen LogP contribution is -2.28. The maximum absolute atomic E-state index is 3.80. The van der Waals surface area contributed by atoms with Gasteiger partial charge in [0.1, 0.15) is 0 Å². The second kappa shape index (κ2) is 6.20. The maximum Gasteiger partial charge on any atom is 0.0348 e. The van der Waals surface area contributed by atoms with E-state index in [1.165, 1.54) is 37.8 Å². The molecule has 0 aromatic heterocycles. The van der Waals surface area contributed by atoms with Gasteiger partial charge in [-0.1, -0.05) is 57.0 Å². The summed E-state index contributed by atoms with van der Waals surface area (Å²) in [6.07, 6.45) is 5.37. The van der Waals surface area contributed by atoms with E-state index in [4.69, 9.17) is 0 Å². The molecule has 1 fully saturated rings. The van der Waals surface area contributed by atoms with Crippen molar-refractivity contribution in [3.63, 3.8) is 0 Å². The number of hydrogen-bond acceptors (Lipinski definition) is 1. The Morgan fingerprint density at radius 1 is 1.12 bits per heavy atom. The fourth-order valence-electron chi connectivity index (χ4n) is 2.52. The second-order valence-corrected chi connectivity index (χ2v) is 5.32. The third-order valence-corrected chi connectivity index (χ3v) is 4.03. The Balaban J connectivity index is 1.94. The molecule has 1 atom stereocenters. The normalized spacial score (nSPS) is 17.4.